The molecule has 1 saturated carbocycles. The average molecular weight is 390 g/mol. The zero-order chi connectivity index (χ0) is 19.0. The van der Waals surface area contributed by atoms with Crippen LogP contribution < -0.4 is 4.74 Å². The summed E-state index contributed by atoms with van der Waals surface area (Å²) in [6.45, 7) is 3.86. The van der Waals surface area contributed by atoms with E-state index >= 15 is 0 Å². The van der Waals surface area contributed by atoms with Gasteiger partial charge in [0.2, 0.25) is 0 Å². The Kier molecular flexibility index (Phi) is 7.93. The molecule has 1 aromatic rings. The van der Waals surface area contributed by atoms with Gasteiger partial charge in [0.05, 0.1) is 0 Å². The maximum atomic E-state index is 12.6. The Morgan fingerprint density at radius 3 is 2.44 bits per heavy atom. The normalized spacial score (nSPS) is 22.6. The number of benzene rings is 1. The number of ether oxygens (including phenoxy) is 1. The molecule has 3 rings (SSSR count). The first-order chi connectivity index (χ1) is 13.2. The fourth-order valence-corrected chi connectivity index (χ4v) is 6.35. The smallest absolute Gasteiger partial charge is 0.260 e. The highest BCUT2D eigenvalue weighted by Crippen LogP contribution is 2.48. The van der Waals surface area contributed by atoms with Gasteiger partial charge in [0, 0.05) is 18.3 Å². The molecule has 1 amide bonds. The number of para-hydroxylation sites is 1. The Morgan fingerprint density at radius 2 is 1.78 bits per heavy atom. The summed E-state index contributed by atoms with van der Waals surface area (Å²) >= 11 is 2.11. The lowest BCUT2D eigenvalue weighted by atomic mass is 9.77. The molecule has 2 fully saturated rings. The van der Waals surface area contributed by atoms with Crippen molar-refractivity contribution >= 4 is 17.7 Å². The molecule has 150 valence electrons. The summed E-state index contributed by atoms with van der Waals surface area (Å²) in [5, 5.41) is 0.589. The minimum absolute atomic E-state index is 0.109. The van der Waals surface area contributed by atoms with E-state index in [1.807, 2.05) is 35.2 Å². The standard InChI is InChI=1S/C23H35NO2S/c1-2-24(22(25)18-26-20-12-8-7-9-13-20)17-21-16-23(19-27-21)14-10-5-3-4-6-11-15-23/h7-9,12-13,21H,2-6,10-11,14-19H2,1H3. The maximum Gasteiger partial charge on any atom is 0.260 e. The number of rotatable bonds is 6. The van der Waals surface area contributed by atoms with Gasteiger partial charge in [0.25, 0.3) is 5.91 Å². The Bertz CT molecular complexity index is 567. The van der Waals surface area contributed by atoms with Gasteiger partial charge in [-0.15, -0.1) is 0 Å². The molecule has 2 aliphatic rings. The molecule has 1 aliphatic heterocycles. The van der Waals surface area contributed by atoms with Crippen molar-refractivity contribution in [2.24, 2.45) is 5.41 Å². The third kappa shape index (κ3) is 6.17. The number of amides is 1. The van der Waals surface area contributed by atoms with E-state index in [-0.39, 0.29) is 12.5 Å². The molecule has 1 aliphatic carbocycles. The SMILES string of the molecule is CCN(CC1CC2(CCCCCCCC2)CS1)C(=O)COc1ccccc1. The number of carbonyl (C=O) groups excluding carboxylic acids is 1. The van der Waals surface area contributed by atoms with Crippen molar-refractivity contribution in [3.63, 3.8) is 0 Å². The molecule has 1 heterocycles. The van der Waals surface area contributed by atoms with E-state index in [4.69, 9.17) is 4.74 Å². The summed E-state index contributed by atoms with van der Waals surface area (Å²) in [6, 6.07) is 9.62. The number of likely N-dealkylation sites (N-methyl/N-ethyl adjacent to an activating group) is 1. The van der Waals surface area contributed by atoms with Crippen LogP contribution in [0.25, 0.3) is 0 Å². The molecule has 27 heavy (non-hydrogen) atoms. The molecule has 1 atom stereocenters. The lowest BCUT2D eigenvalue weighted by Gasteiger charge is -2.29. The molecule has 0 N–H and O–H groups in total. The van der Waals surface area contributed by atoms with Crippen LogP contribution in [0.3, 0.4) is 0 Å². The van der Waals surface area contributed by atoms with Crippen molar-refractivity contribution in [2.75, 3.05) is 25.4 Å². The minimum Gasteiger partial charge on any atom is -0.484 e. The van der Waals surface area contributed by atoms with E-state index in [2.05, 4.69) is 18.7 Å². The van der Waals surface area contributed by atoms with Gasteiger partial charge in [0.1, 0.15) is 5.75 Å². The number of thioether (sulfide) groups is 1. The van der Waals surface area contributed by atoms with E-state index in [0.29, 0.717) is 10.7 Å². The van der Waals surface area contributed by atoms with Gasteiger partial charge in [-0.3, -0.25) is 4.79 Å². The van der Waals surface area contributed by atoms with Gasteiger partial charge in [-0.25, -0.2) is 0 Å². The van der Waals surface area contributed by atoms with Crippen LogP contribution in [-0.4, -0.2) is 41.5 Å². The van der Waals surface area contributed by atoms with Crippen molar-refractivity contribution in [3.8, 4) is 5.75 Å². The summed E-state index contributed by atoms with van der Waals surface area (Å²) in [7, 11) is 0. The van der Waals surface area contributed by atoms with Crippen molar-refractivity contribution in [2.45, 2.75) is 70.0 Å². The second-order valence-electron chi connectivity index (χ2n) is 8.29. The van der Waals surface area contributed by atoms with E-state index in [1.165, 1.54) is 63.5 Å². The molecule has 1 spiro atoms. The van der Waals surface area contributed by atoms with E-state index in [0.717, 1.165) is 18.8 Å². The second-order valence-corrected chi connectivity index (χ2v) is 9.58. The molecule has 4 heteroatoms. The lowest BCUT2D eigenvalue weighted by Crippen LogP contribution is -2.39. The minimum atomic E-state index is 0.109. The molecular formula is C23H35NO2S. The first-order valence-electron chi connectivity index (χ1n) is 10.8. The molecule has 0 bridgehead atoms. The highest BCUT2D eigenvalue weighted by Gasteiger charge is 2.39. The van der Waals surface area contributed by atoms with Crippen molar-refractivity contribution in [3.05, 3.63) is 30.3 Å². The van der Waals surface area contributed by atoms with Gasteiger partial charge in [-0.2, -0.15) is 11.8 Å². The monoisotopic (exact) mass is 389 g/mol. The predicted molar refractivity (Wildman–Crippen MR) is 114 cm³/mol. The van der Waals surface area contributed by atoms with Gasteiger partial charge in [-0.1, -0.05) is 56.7 Å². The molecule has 1 aromatic carbocycles. The Labute approximate surface area is 169 Å². The van der Waals surface area contributed by atoms with Crippen molar-refractivity contribution < 1.29 is 9.53 Å². The molecule has 0 radical (unpaired) electrons. The second kappa shape index (κ2) is 10.4. The number of hydrogen-bond acceptors (Lipinski definition) is 3. The largest absolute Gasteiger partial charge is 0.484 e. The third-order valence-corrected chi connectivity index (χ3v) is 7.78. The zero-order valence-electron chi connectivity index (χ0n) is 16.8. The van der Waals surface area contributed by atoms with Crippen LogP contribution >= 0.6 is 11.8 Å². The summed E-state index contributed by atoms with van der Waals surface area (Å²) in [5.74, 6) is 2.17. The quantitative estimate of drug-likeness (QED) is 0.640. The number of carbonyl (C=O) groups is 1. The highest BCUT2D eigenvalue weighted by molar-refractivity contribution is 8.00. The molecule has 1 saturated heterocycles. The van der Waals surface area contributed by atoms with Gasteiger partial charge in [-0.05, 0) is 49.5 Å². The summed E-state index contributed by atoms with van der Waals surface area (Å²) in [4.78, 5) is 14.6. The van der Waals surface area contributed by atoms with Crippen molar-refractivity contribution in [1.82, 2.24) is 4.90 Å². The molecule has 0 aromatic heterocycles. The van der Waals surface area contributed by atoms with E-state index < -0.39 is 0 Å². The van der Waals surface area contributed by atoms with Gasteiger partial charge in [0.15, 0.2) is 6.61 Å². The van der Waals surface area contributed by atoms with Gasteiger partial charge >= 0.3 is 0 Å². The van der Waals surface area contributed by atoms with Crippen LogP contribution in [-0.2, 0) is 4.79 Å². The van der Waals surface area contributed by atoms with Crippen LogP contribution in [0.1, 0.15) is 64.7 Å². The Morgan fingerprint density at radius 1 is 1.11 bits per heavy atom. The summed E-state index contributed by atoms with van der Waals surface area (Å²) in [5.41, 5.74) is 0.544. The van der Waals surface area contributed by atoms with Crippen LogP contribution in [0.2, 0.25) is 0 Å². The number of nitrogens with zero attached hydrogens (tertiary/aromatic N) is 1. The highest BCUT2D eigenvalue weighted by atomic mass is 32.2. The first kappa shape index (κ1) is 20.6. The fraction of sp³-hybridized carbons (Fsp3) is 0.696. The average Bonchev–Trinajstić information content (AvgIpc) is 3.14. The summed E-state index contributed by atoms with van der Waals surface area (Å²) < 4.78 is 5.67. The Balaban J connectivity index is 1.49. The van der Waals surface area contributed by atoms with Crippen LogP contribution in [0.4, 0.5) is 0 Å². The van der Waals surface area contributed by atoms with E-state index in [1.54, 1.807) is 0 Å². The fourth-order valence-electron chi connectivity index (χ4n) is 4.60. The topological polar surface area (TPSA) is 29.5 Å². The lowest BCUT2D eigenvalue weighted by molar-refractivity contribution is -0.133. The van der Waals surface area contributed by atoms with E-state index in [9.17, 15) is 4.79 Å². The predicted octanol–water partition coefficient (Wildman–Crippen LogP) is 5.54. The van der Waals surface area contributed by atoms with Crippen molar-refractivity contribution in [1.29, 1.82) is 0 Å². The maximum absolute atomic E-state index is 12.6. The van der Waals surface area contributed by atoms with Crippen LogP contribution in [0.5, 0.6) is 5.75 Å². The molecular weight excluding hydrogens is 354 g/mol. The molecule has 1 unspecified atom stereocenters. The zero-order valence-corrected chi connectivity index (χ0v) is 17.6. The molecule has 3 nitrogen and oxygen atoms in total. The Hall–Kier alpha value is -1.16. The van der Waals surface area contributed by atoms with Gasteiger partial charge < -0.3 is 9.64 Å². The third-order valence-electron chi connectivity index (χ3n) is 6.21. The first-order valence-corrected chi connectivity index (χ1v) is 11.8. The summed E-state index contributed by atoms with van der Waals surface area (Å²) in [6.07, 6.45) is 12.5. The van der Waals surface area contributed by atoms with Crippen LogP contribution in [0, 0.1) is 5.41 Å². The van der Waals surface area contributed by atoms with Crippen LogP contribution in [0.15, 0.2) is 30.3 Å². The number of hydrogen-bond donors (Lipinski definition) is 0.